The molecule has 1 saturated carbocycles. The molecule has 4 unspecified atom stereocenters. The number of rotatable bonds is 5. The summed E-state index contributed by atoms with van der Waals surface area (Å²) in [6.07, 6.45) is 4.06. The summed E-state index contributed by atoms with van der Waals surface area (Å²) >= 11 is 0. The number of sulfonamides is 1. The summed E-state index contributed by atoms with van der Waals surface area (Å²) in [7, 11) is -3.59. The average molecular weight is 394 g/mol. The van der Waals surface area contributed by atoms with E-state index in [2.05, 4.69) is 19.2 Å². The topological polar surface area (TPSA) is 92.5 Å². The van der Waals surface area contributed by atoms with Crippen molar-refractivity contribution in [1.29, 1.82) is 0 Å². The quantitative estimate of drug-likeness (QED) is 0.802. The zero-order chi connectivity index (χ0) is 19.6. The van der Waals surface area contributed by atoms with Gasteiger partial charge >= 0.3 is 0 Å². The summed E-state index contributed by atoms with van der Waals surface area (Å²) in [5, 5.41) is 3.04. The summed E-state index contributed by atoms with van der Waals surface area (Å²) in [4.78, 5) is 12.9. The fourth-order valence-corrected chi connectivity index (χ4v) is 6.24. The van der Waals surface area contributed by atoms with Crippen LogP contribution in [0.4, 0.5) is 0 Å². The van der Waals surface area contributed by atoms with E-state index in [1.807, 2.05) is 0 Å². The Morgan fingerprint density at radius 1 is 1.22 bits per heavy atom. The number of hydrogen-bond donors (Lipinski definition) is 2. The molecule has 1 aromatic rings. The number of hydrogen-bond acceptors (Lipinski definition) is 4. The molecule has 150 valence electrons. The van der Waals surface area contributed by atoms with Crippen LogP contribution in [-0.4, -0.2) is 44.3 Å². The Hall–Kier alpha value is -1.44. The normalized spacial score (nSPS) is 29.6. The van der Waals surface area contributed by atoms with Crippen molar-refractivity contribution in [2.24, 2.45) is 23.5 Å². The van der Waals surface area contributed by atoms with Crippen LogP contribution in [0.15, 0.2) is 29.2 Å². The Labute approximate surface area is 162 Å². The second kappa shape index (κ2) is 8.29. The molecule has 1 heterocycles. The van der Waals surface area contributed by atoms with Crippen LogP contribution in [0.3, 0.4) is 0 Å². The fourth-order valence-electron chi connectivity index (χ4n) is 4.51. The van der Waals surface area contributed by atoms with Gasteiger partial charge in [-0.3, -0.25) is 4.79 Å². The third-order valence-corrected chi connectivity index (χ3v) is 7.68. The molecule has 0 radical (unpaired) electrons. The number of nitrogens with two attached hydrogens (primary N) is 1. The van der Waals surface area contributed by atoms with Crippen LogP contribution in [0.2, 0.25) is 0 Å². The largest absolute Gasteiger partial charge is 0.349 e. The Balaban J connectivity index is 1.77. The predicted molar refractivity (Wildman–Crippen MR) is 106 cm³/mol. The molecule has 3 N–H and O–H groups in total. The lowest BCUT2D eigenvalue weighted by Crippen LogP contribution is -2.42. The monoisotopic (exact) mass is 393 g/mol. The van der Waals surface area contributed by atoms with Gasteiger partial charge in [0.15, 0.2) is 0 Å². The van der Waals surface area contributed by atoms with Crippen LogP contribution in [-0.2, 0) is 10.0 Å². The Morgan fingerprint density at radius 2 is 1.93 bits per heavy atom. The molecular weight excluding hydrogens is 362 g/mol. The van der Waals surface area contributed by atoms with Gasteiger partial charge in [0.05, 0.1) is 4.90 Å². The highest BCUT2D eigenvalue weighted by Gasteiger charge is 2.32. The van der Waals surface area contributed by atoms with E-state index in [1.54, 1.807) is 22.5 Å². The second-order valence-electron chi connectivity index (χ2n) is 8.30. The number of benzene rings is 1. The van der Waals surface area contributed by atoms with Gasteiger partial charge in [-0.1, -0.05) is 26.3 Å². The van der Waals surface area contributed by atoms with Gasteiger partial charge in [-0.15, -0.1) is 0 Å². The molecule has 4 atom stereocenters. The summed E-state index contributed by atoms with van der Waals surface area (Å²) in [5.74, 6) is 0.756. The van der Waals surface area contributed by atoms with Crippen LogP contribution >= 0.6 is 0 Å². The highest BCUT2D eigenvalue weighted by Crippen LogP contribution is 2.28. The Morgan fingerprint density at radius 3 is 2.59 bits per heavy atom. The zero-order valence-electron chi connectivity index (χ0n) is 16.2. The molecule has 1 aromatic carbocycles. The van der Waals surface area contributed by atoms with Gasteiger partial charge in [0.2, 0.25) is 10.0 Å². The summed E-state index contributed by atoms with van der Waals surface area (Å²) in [5.41, 5.74) is 6.17. The summed E-state index contributed by atoms with van der Waals surface area (Å²) in [6.45, 7) is 5.78. The van der Waals surface area contributed by atoms with Crippen molar-refractivity contribution in [2.75, 3.05) is 19.6 Å². The number of carbonyl (C=O) groups excluding carboxylic acids is 1. The van der Waals surface area contributed by atoms with Crippen molar-refractivity contribution in [2.45, 2.75) is 50.5 Å². The first kappa shape index (κ1) is 20.3. The zero-order valence-corrected chi connectivity index (χ0v) is 17.0. The second-order valence-corrected chi connectivity index (χ2v) is 10.2. The SMILES string of the molecule is CC1CC(C)CN(S(=O)(=O)c2cccc(C(=O)NC3CCCC3CN)c2)C1. The lowest BCUT2D eigenvalue weighted by atomic mass is 9.94. The van der Waals surface area contributed by atoms with Crippen molar-refractivity contribution >= 4 is 15.9 Å². The van der Waals surface area contributed by atoms with E-state index in [1.165, 1.54) is 6.07 Å². The smallest absolute Gasteiger partial charge is 0.251 e. The molecule has 1 aliphatic carbocycles. The van der Waals surface area contributed by atoms with Crippen molar-refractivity contribution in [1.82, 2.24) is 9.62 Å². The molecular formula is C20H31N3O3S. The Kier molecular flexibility index (Phi) is 6.23. The number of carbonyl (C=O) groups is 1. The molecule has 0 spiro atoms. The minimum atomic E-state index is -3.59. The summed E-state index contributed by atoms with van der Waals surface area (Å²) in [6, 6.07) is 6.47. The molecule has 1 amide bonds. The highest BCUT2D eigenvalue weighted by molar-refractivity contribution is 7.89. The van der Waals surface area contributed by atoms with Crippen LogP contribution < -0.4 is 11.1 Å². The Bertz CT molecular complexity index is 770. The van der Waals surface area contributed by atoms with Gasteiger partial charge in [-0.25, -0.2) is 8.42 Å². The van der Waals surface area contributed by atoms with E-state index in [9.17, 15) is 13.2 Å². The number of amides is 1. The number of nitrogens with one attached hydrogen (secondary N) is 1. The third-order valence-electron chi connectivity index (χ3n) is 5.85. The van der Waals surface area contributed by atoms with Crippen LogP contribution in [0.1, 0.15) is 49.9 Å². The van der Waals surface area contributed by atoms with Gasteiger partial charge in [0, 0.05) is 24.7 Å². The lowest BCUT2D eigenvalue weighted by Gasteiger charge is -2.34. The first-order valence-corrected chi connectivity index (χ1v) is 11.4. The first-order valence-electron chi connectivity index (χ1n) is 9.92. The average Bonchev–Trinajstić information content (AvgIpc) is 3.08. The van der Waals surface area contributed by atoms with Gasteiger partial charge in [-0.2, -0.15) is 4.31 Å². The van der Waals surface area contributed by atoms with Crippen molar-refractivity contribution in [3.05, 3.63) is 29.8 Å². The minimum absolute atomic E-state index is 0.0755. The van der Waals surface area contributed by atoms with E-state index < -0.39 is 10.0 Å². The summed E-state index contributed by atoms with van der Waals surface area (Å²) < 4.78 is 27.7. The van der Waals surface area contributed by atoms with Crippen LogP contribution in [0, 0.1) is 17.8 Å². The van der Waals surface area contributed by atoms with Crippen molar-refractivity contribution in [3.63, 3.8) is 0 Å². The van der Waals surface area contributed by atoms with Crippen LogP contribution in [0.5, 0.6) is 0 Å². The van der Waals surface area contributed by atoms with E-state index in [-0.39, 0.29) is 16.8 Å². The minimum Gasteiger partial charge on any atom is -0.349 e. The van der Waals surface area contributed by atoms with Gasteiger partial charge in [-0.05, 0) is 61.8 Å². The molecule has 6 nitrogen and oxygen atoms in total. The van der Waals surface area contributed by atoms with Crippen LogP contribution in [0.25, 0.3) is 0 Å². The molecule has 1 saturated heterocycles. The van der Waals surface area contributed by atoms with E-state index in [0.717, 1.165) is 25.7 Å². The molecule has 1 aliphatic heterocycles. The molecule has 2 fully saturated rings. The standard InChI is InChI=1S/C20H31N3O3S/c1-14-9-15(2)13-23(12-14)27(25,26)18-7-3-5-16(10-18)20(24)22-19-8-4-6-17(19)11-21/h3,5,7,10,14-15,17,19H,4,6,8-9,11-13,21H2,1-2H3,(H,22,24). The maximum absolute atomic E-state index is 13.1. The van der Waals surface area contributed by atoms with E-state index in [4.69, 9.17) is 5.73 Å². The highest BCUT2D eigenvalue weighted by atomic mass is 32.2. The number of piperidine rings is 1. The molecule has 0 bridgehead atoms. The number of nitrogens with zero attached hydrogens (tertiary/aromatic N) is 1. The molecule has 0 aromatic heterocycles. The van der Waals surface area contributed by atoms with Crippen molar-refractivity contribution < 1.29 is 13.2 Å². The van der Waals surface area contributed by atoms with Crippen molar-refractivity contribution in [3.8, 4) is 0 Å². The molecule has 2 aliphatic rings. The predicted octanol–water partition coefficient (Wildman–Crippen LogP) is 2.21. The lowest BCUT2D eigenvalue weighted by molar-refractivity contribution is 0.0928. The maximum atomic E-state index is 13.1. The van der Waals surface area contributed by atoms with Gasteiger partial charge in [0.1, 0.15) is 0 Å². The van der Waals surface area contributed by atoms with E-state index >= 15 is 0 Å². The molecule has 27 heavy (non-hydrogen) atoms. The van der Waals surface area contributed by atoms with E-state index in [0.29, 0.717) is 43.0 Å². The first-order chi connectivity index (χ1) is 12.8. The van der Waals surface area contributed by atoms with Gasteiger partial charge < -0.3 is 11.1 Å². The van der Waals surface area contributed by atoms with Gasteiger partial charge in [0.25, 0.3) is 5.91 Å². The fraction of sp³-hybridized carbons (Fsp3) is 0.650. The third kappa shape index (κ3) is 4.52. The molecule has 3 rings (SSSR count). The molecule has 7 heteroatoms. The maximum Gasteiger partial charge on any atom is 0.251 e.